The second-order valence-electron chi connectivity index (χ2n) is 5.82. The summed E-state index contributed by atoms with van der Waals surface area (Å²) in [4.78, 5) is 8.80. The summed E-state index contributed by atoms with van der Waals surface area (Å²) in [5.41, 5.74) is 2.11. The van der Waals surface area contributed by atoms with Crippen LogP contribution in [0.15, 0.2) is 23.6 Å². The molecule has 0 aliphatic carbocycles. The zero-order valence-electron chi connectivity index (χ0n) is 12.7. The lowest BCUT2D eigenvalue weighted by Gasteiger charge is -2.29. The maximum atomic E-state index is 5.66. The Labute approximate surface area is 134 Å². The maximum absolute atomic E-state index is 5.66. The molecular formula is C16H20N3O2S+. The van der Waals surface area contributed by atoms with Gasteiger partial charge >= 0.3 is 0 Å². The molecule has 0 radical (unpaired) electrons. The quantitative estimate of drug-likeness (QED) is 0.894. The molecule has 1 aromatic carbocycles. The molecule has 6 heteroatoms. The number of quaternary nitrogens is 1. The van der Waals surface area contributed by atoms with Crippen LogP contribution >= 0.6 is 11.3 Å². The van der Waals surface area contributed by atoms with Gasteiger partial charge in [0.2, 0.25) is 0 Å². The standard InChI is InChI=1S/C16H19N3O2S/c1-18-4-6-19(7-5-18)16-17-13(11-22-16)12-2-3-14-15(10-12)21-9-8-20-14/h2-3,10-11H,4-9H2,1H3/p+1. The summed E-state index contributed by atoms with van der Waals surface area (Å²) in [6, 6.07) is 6.06. The number of nitrogens with zero attached hydrogens (tertiary/aromatic N) is 2. The van der Waals surface area contributed by atoms with Crippen molar-refractivity contribution in [3.63, 3.8) is 0 Å². The molecule has 0 spiro atoms. The lowest BCUT2D eigenvalue weighted by Crippen LogP contribution is -3.12. The Morgan fingerprint density at radius 3 is 2.73 bits per heavy atom. The molecule has 4 rings (SSSR count). The summed E-state index contributed by atoms with van der Waals surface area (Å²) in [6.07, 6.45) is 0. The number of rotatable bonds is 2. The fourth-order valence-corrected chi connectivity index (χ4v) is 3.71. The predicted octanol–water partition coefficient (Wildman–Crippen LogP) is 0.916. The highest BCUT2D eigenvalue weighted by atomic mass is 32.1. The highest BCUT2D eigenvalue weighted by Gasteiger charge is 2.20. The number of nitrogens with one attached hydrogen (secondary N) is 1. The van der Waals surface area contributed by atoms with Crippen LogP contribution in [-0.4, -0.2) is 51.4 Å². The van der Waals surface area contributed by atoms with E-state index >= 15 is 0 Å². The Balaban J connectivity index is 1.56. The molecule has 0 saturated carbocycles. The summed E-state index contributed by atoms with van der Waals surface area (Å²) in [5.74, 6) is 1.65. The number of aromatic nitrogens is 1. The first kappa shape index (κ1) is 13.8. The summed E-state index contributed by atoms with van der Waals surface area (Å²) in [7, 11) is 2.25. The molecule has 0 amide bonds. The number of thiazole rings is 1. The summed E-state index contributed by atoms with van der Waals surface area (Å²) >= 11 is 1.72. The van der Waals surface area contributed by atoms with Gasteiger partial charge in [0.15, 0.2) is 16.6 Å². The number of anilines is 1. The Kier molecular flexibility index (Phi) is 3.63. The van der Waals surface area contributed by atoms with Gasteiger partial charge in [-0.1, -0.05) is 0 Å². The van der Waals surface area contributed by atoms with Gasteiger partial charge in [0.1, 0.15) is 13.2 Å². The van der Waals surface area contributed by atoms with Crippen molar-refractivity contribution < 1.29 is 14.4 Å². The van der Waals surface area contributed by atoms with Crippen molar-refractivity contribution in [1.29, 1.82) is 0 Å². The molecule has 3 heterocycles. The van der Waals surface area contributed by atoms with Crippen molar-refractivity contribution in [3.8, 4) is 22.8 Å². The third-order valence-electron chi connectivity index (χ3n) is 4.22. The van der Waals surface area contributed by atoms with Crippen LogP contribution in [0.4, 0.5) is 5.13 Å². The minimum absolute atomic E-state index is 0.613. The maximum Gasteiger partial charge on any atom is 0.186 e. The molecule has 1 fully saturated rings. The monoisotopic (exact) mass is 318 g/mol. The molecule has 2 aliphatic rings. The molecule has 2 aromatic rings. The largest absolute Gasteiger partial charge is 0.486 e. The summed E-state index contributed by atoms with van der Waals surface area (Å²) < 4.78 is 11.2. The Hall–Kier alpha value is -1.79. The predicted molar refractivity (Wildman–Crippen MR) is 87.4 cm³/mol. The van der Waals surface area contributed by atoms with E-state index in [2.05, 4.69) is 23.4 Å². The molecule has 0 unspecified atom stereocenters. The Morgan fingerprint density at radius 2 is 1.91 bits per heavy atom. The molecule has 0 bridgehead atoms. The van der Waals surface area contributed by atoms with E-state index in [9.17, 15) is 0 Å². The van der Waals surface area contributed by atoms with Crippen molar-refractivity contribution in [1.82, 2.24) is 4.98 Å². The zero-order chi connectivity index (χ0) is 14.9. The van der Waals surface area contributed by atoms with E-state index in [1.807, 2.05) is 12.1 Å². The van der Waals surface area contributed by atoms with Gasteiger partial charge in [-0.3, -0.25) is 0 Å². The molecule has 1 saturated heterocycles. The van der Waals surface area contributed by atoms with Crippen LogP contribution in [-0.2, 0) is 0 Å². The Morgan fingerprint density at radius 1 is 1.14 bits per heavy atom. The Bertz CT molecular complexity index is 665. The van der Waals surface area contributed by atoms with E-state index in [-0.39, 0.29) is 0 Å². The fraction of sp³-hybridized carbons (Fsp3) is 0.438. The third-order valence-corrected chi connectivity index (χ3v) is 5.12. The van der Waals surface area contributed by atoms with Crippen LogP contribution in [0.5, 0.6) is 11.5 Å². The molecule has 2 aliphatic heterocycles. The van der Waals surface area contributed by atoms with Crippen molar-refractivity contribution >= 4 is 16.5 Å². The lowest BCUT2D eigenvalue weighted by atomic mass is 10.1. The summed E-state index contributed by atoms with van der Waals surface area (Å²) in [6.45, 7) is 5.76. The smallest absolute Gasteiger partial charge is 0.186 e. The number of fused-ring (bicyclic) bond motifs is 1. The molecule has 1 N–H and O–H groups in total. The SMILES string of the molecule is C[NH+]1CCN(c2nc(-c3ccc4c(c3)OCCO4)cs2)CC1. The van der Waals surface area contributed by atoms with E-state index in [0.29, 0.717) is 13.2 Å². The van der Waals surface area contributed by atoms with E-state index in [1.54, 1.807) is 16.2 Å². The average Bonchev–Trinajstić information content (AvgIpc) is 3.05. The van der Waals surface area contributed by atoms with Crippen molar-refractivity contribution in [2.75, 3.05) is 51.3 Å². The second-order valence-corrected chi connectivity index (χ2v) is 6.65. The molecular weight excluding hydrogens is 298 g/mol. The summed E-state index contributed by atoms with van der Waals surface area (Å²) in [5, 5.41) is 3.25. The molecule has 0 atom stereocenters. The van der Waals surface area contributed by atoms with Gasteiger partial charge in [-0.2, -0.15) is 0 Å². The van der Waals surface area contributed by atoms with Crippen LogP contribution in [0.25, 0.3) is 11.3 Å². The molecule has 1 aromatic heterocycles. The number of likely N-dealkylation sites (N-methyl/N-ethyl adjacent to an activating group) is 1. The number of hydrogen-bond acceptors (Lipinski definition) is 5. The van der Waals surface area contributed by atoms with Gasteiger partial charge in [-0.15, -0.1) is 11.3 Å². The number of hydrogen-bond donors (Lipinski definition) is 1. The van der Waals surface area contributed by atoms with Crippen molar-refractivity contribution in [2.24, 2.45) is 0 Å². The molecule has 22 heavy (non-hydrogen) atoms. The number of piperazine rings is 1. The van der Waals surface area contributed by atoms with Gasteiger partial charge in [-0.05, 0) is 18.2 Å². The minimum Gasteiger partial charge on any atom is -0.486 e. The van der Waals surface area contributed by atoms with Gasteiger partial charge in [0, 0.05) is 10.9 Å². The van der Waals surface area contributed by atoms with E-state index in [0.717, 1.165) is 41.0 Å². The second kappa shape index (κ2) is 5.78. The van der Waals surface area contributed by atoms with Crippen molar-refractivity contribution in [2.45, 2.75) is 0 Å². The first-order valence-corrected chi connectivity index (χ1v) is 8.59. The first-order valence-electron chi connectivity index (χ1n) is 7.71. The van der Waals surface area contributed by atoms with Gasteiger partial charge in [0.25, 0.3) is 0 Å². The van der Waals surface area contributed by atoms with Gasteiger partial charge in [0.05, 0.1) is 38.9 Å². The molecule has 5 nitrogen and oxygen atoms in total. The van der Waals surface area contributed by atoms with Crippen LogP contribution in [0.1, 0.15) is 0 Å². The van der Waals surface area contributed by atoms with Crippen LogP contribution < -0.4 is 19.3 Å². The third kappa shape index (κ3) is 2.64. The van der Waals surface area contributed by atoms with Gasteiger partial charge < -0.3 is 19.3 Å². The first-order chi connectivity index (χ1) is 10.8. The van der Waals surface area contributed by atoms with Crippen LogP contribution in [0.3, 0.4) is 0 Å². The fourth-order valence-electron chi connectivity index (χ4n) is 2.82. The minimum atomic E-state index is 0.613. The highest BCUT2D eigenvalue weighted by molar-refractivity contribution is 7.14. The van der Waals surface area contributed by atoms with E-state index in [1.165, 1.54) is 13.1 Å². The van der Waals surface area contributed by atoms with E-state index in [4.69, 9.17) is 14.5 Å². The van der Waals surface area contributed by atoms with Crippen LogP contribution in [0.2, 0.25) is 0 Å². The lowest BCUT2D eigenvalue weighted by molar-refractivity contribution is -0.880. The van der Waals surface area contributed by atoms with E-state index < -0.39 is 0 Å². The zero-order valence-corrected chi connectivity index (χ0v) is 13.5. The van der Waals surface area contributed by atoms with Crippen molar-refractivity contribution in [3.05, 3.63) is 23.6 Å². The average molecular weight is 318 g/mol. The molecule has 116 valence electrons. The normalized spacial score (nSPS) is 18.5. The number of benzene rings is 1. The highest BCUT2D eigenvalue weighted by Crippen LogP contribution is 2.35. The number of ether oxygens (including phenoxy) is 2. The van der Waals surface area contributed by atoms with Crippen LogP contribution in [0, 0.1) is 0 Å². The van der Waals surface area contributed by atoms with Gasteiger partial charge in [-0.25, -0.2) is 4.98 Å². The topological polar surface area (TPSA) is 39.0 Å².